The van der Waals surface area contributed by atoms with Crippen LogP contribution in [0, 0.1) is 0 Å². The average molecular weight is 395 g/mol. The molecule has 0 saturated carbocycles. The van der Waals surface area contributed by atoms with Gasteiger partial charge in [-0.25, -0.2) is 0 Å². The zero-order chi connectivity index (χ0) is 19.3. The van der Waals surface area contributed by atoms with Gasteiger partial charge in [-0.05, 0) is 42.5 Å². The minimum absolute atomic E-state index is 0.0702. The van der Waals surface area contributed by atoms with Crippen molar-refractivity contribution in [1.82, 2.24) is 5.32 Å². The number of carbonyl (C=O) groups is 2. The Kier molecular flexibility index (Phi) is 6.49. The maximum absolute atomic E-state index is 12.3. The number of carboxylic acids is 1. The van der Waals surface area contributed by atoms with E-state index in [1.165, 1.54) is 38.5 Å². The molecule has 0 spiro atoms. The van der Waals surface area contributed by atoms with Gasteiger partial charge in [0.1, 0.15) is 11.5 Å². The molecule has 6 nitrogen and oxygen atoms in total. The molecule has 0 unspecified atom stereocenters. The molecular weight excluding hydrogens is 381 g/mol. The molecule has 1 N–H and O–H groups in total. The van der Waals surface area contributed by atoms with E-state index in [2.05, 4.69) is 5.32 Å². The Hall–Kier alpha value is -2.70. The highest BCUT2D eigenvalue weighted by atomic mass is 35.5. The van der Waals surface area contributed by atoms with Crippen LogP contribution in [0.1, 0.15) is 15.9 Å². The lowest BCUT2D eigenvalue weighted by atomic mass is 10.1. The van der Waals surface area contributed by atoms with Crippen molar-refractivity contribution in [1.29, 1.82) is 0 Å². The van der Waals surface area contributed by atoms with Crippen molar-refractivity contribution in [2.45, 2.75) is 0 Å². The number of rotatable bonds is 6. The molecule has 136 valence electrons. The molecule has 0 aromatic heterocycles. The molecule has 0 saturated heterocycles. The number of aliphatic carboxylic acids is 1. The van der Waals surface area contributed by atoms with Crippen LogP contribution in [-0.4, -0.2) is 26.1 Å². The molecule has 2 rings (SSSR count). The van der Waals surface area contributed by atoms with E-state index in [-0.39, 0.29) is 10.6 Å². The summed E-state index contributed by atoms with van der Waals surface area (Å²) in [5.41, 5.74) is -0.0121. The summed E-state index contributed by atoms with van der Waals surface area (Å²) in [6.45, 7) is 0. The average Bonchev–Trinajstić information content (AvgIpc) is 2.60. The summed E-state index contributed by atoms with van der Waals surface area (Å²) < 4.78 is 10.3. The third-order valence-electron chi connectivity index (χ3n) is 3.38. The van der Waals surface area contributed by atoms with Crippen LogP contribution in [-0.2, 0) is 4.79 Å². The quantitative estimate of drug-likeness (QED) is 0.760. The summed E-state index contributed by atoms with van der Waals surface area (Å²) >= 11 is 11.8. The number of ether oxygens (including phenoxy) is 2. The van der Waals surface area contributed by atoms with E-state index in [9.17, 15) is 14.7 Å². The fraction of sp³-hybridized carbons (Fsp3) is 0.111. The van der Waals surface area contributed by atoms with Crippen molar-refractivity contribution in [2.24, 2.45) is 0 Å². The fourth-order valence-corrected chi connectivity index (χ4v) is 2.61. The van der Waals surface area contributed by atoms with Gasteiger partial charge in [0, 0.05) is 10.6 Å². The molecule has 2 aromatic rings. The second-order valence-electron chi connectivity index (χ2n) is 5.03. The van der Waals surface area contributed by atoms with Crippen LogP contribution >= 0.6 is 23.2 Å². The third-order valence-corrected chi connectivity index (χ3v) is 3.93. The molecule has 1 amide bonds. The normalized spacial score (nSPS) is 11.0. The van der Waals surface area contributed by atoms with Gasteiger partial charge < -0.3 is 24.7 Å². The highest BCUT2D eigenvalue weighted by molar-refractivity contribution is 6.36. The van der Waals surface area contributed by atoms with Gasteiger partial charge in [-0.3, -0.25) is 4.79 Å². The lowest BCUT2D eigenvalue weighted by Gasteiger charge is -2.13. The number of amides is 1. The van der Waals surface area contributed by atoms with Gasteiger partial charge >= 0.3 is 0 Å². The molecule has 0 aliphatic heterocycles. The van der Waals surface area contributed by atoms with E-state index in [1.807, 2.05) is 0 Å². The Morgan fingerprint density at radius 3 is 2.38 bits per heavy atom. The van der Waals surface area contributed by atoms with Crippen molar-refractivity contribution >= 4 is 41.2 Å². The molecule has 8 heteroatoms. The van der Waals surface area contributed by atoms with Gasteiger partial charge in [0.05, 0.1) is 36.5 Å². The van der Waals surface area contributed by atoms with E-state index < -0.39 is 17.6 Å². The minimum Gasteiger partial charge on any atom is -0.543 e. The van der Waals surface area contributed by atoms with Crippen LogP contribution in [0.3, 0.4) is 0 Å². The molecule has 0 heterocycles. The monoisotopic (exact) mass is 394 g/mol. The number of hydrogen-bond donors (Lipinski definition) is 1. The second kappa shape index (κ2) is 8.60. The van der Waals surface area contributed by atoms with E-state index in [4.69, 9.17) is 32.7 Å². The molecule has 26 heavy (non-hydrogen) atoms. The summed E-state index contributed by atoms with van der Waals surface area (Å²) in [6, 6.07) is 9.06. The standard InChI is InChI=1S/C18H15Cl2NO5/c1-25-12-4-6-16(26-2)10(7-12)8-15(18(23)24)21-17(22)13-5-3-11(19)9-14(13)20/h3-9H,1-2H3,(H,21,22)(H,23,24)/p-1/b15-8-. The van der Waals surface area contributed by atoms with Gasteiger partial charge in [0.15, 0.2) is 0 Å². The first kappa shape index (κ1) is 19.6. The summed E-state index contributed by atoms with van der Waals surface area (Å²) in [5.74, 6) is -1.41. The van der Waals surface area contributed by atoms with Crippen LogP contribution in [0.25, 0.3) is 6.08 Å². The number of halogens is 2. The Bertz CT molecular complexity index is 880. The summed E-state index contributed by atoms with van der Waals surface area (Å²) in [5, 5.41) is 14.1. The van der Waals surface area contributed by atoms with Crippen LogP contribution in [0.5, 0.6) is 11.5 Å². The summed E-state index contributed by atoms with van der Waals surface area (Å²) in [6.07, 6.45) is 1.21. The summed E-state index contributed by atoms with van der Waals surface area (Å²) in [7, 11) is 2.91. The molecule has 0 atom stereocenters. The molecule has 0 bridgehead atoms. The maximum atomic E-state index is 12.3. The highest BCUT2D eigenvalue weighted by Gasteiger charge is 2.14. The van der Waals surface area contributed by atoms with Crippen LogP contribution in [0.2, 0.25) is 10.0 Å². The third kappa shape index (κ3) is 4.68. The van der Waals surface area contributed by atoms with Crippen molar-refractivity contribution in [2.75, 3.05) is 14.2 Å². The van der Waals surface area contributed by atoms with Gasteiger partial charge in [-0.2, -0.15) is 0 Å². The predicted molar refractivity (Wildman–Crippen MR) is 96.5 cm³/mol. The molecular formula is C18H14Cl2NO5-. The van der Waals surface area contributed by atoms with Crippen molar-refractivity contribution in [3.05, 3.63) is 63.3 Å². The van der Waals surface area contributed by atoms with Crippen molar-refractivity contribution in [3.8, 4) is 11.5 Å². The Labute approximate surface area is 159 Å². The Morgan fingerprint density at radius 1 is 1.08 bits per heavy atom. The molecule has 0 aliphatic carbocycles. The summed E-state index contributed by atoms with van der Waals surface area (Å²) in [4.78, 5) is 23.8. The number of carboxylic acid groups (broad SMARTS) is 1. The fourth-order valence-electron chi connectivity index (χ4n) is 2.12. The van der Waals surface area contributed by atoms with E-state index >= 15 is 0 Å². The Morgan fingerprint density at radius 2 is 1.81 bits per heavy atom. The molecule has 0 radical (unpaired) electrons. The first-order chi connectivity index (χ1) is 12.3. The van der Waals surface area contributed by atoms with Gasteiger partial charge in [-0.15, -0.1) is 0 Å². The zero-order valence-electron chi connectivity index (χ0n) is 13.8. The lowest BCUT2D eigenvalue weighted by Crippen LogP contribution is -2.35. The molecule has 0 aliphatic rings. The van der Waals surface area contributed by atoms with Crippen LogP contribution in [0.4, 0.5) is 0 Å². The van der Waals surface area contributed by atoms with E-state index in [1.54, 1.807) is 18.2 Å². The predicted octanol–water partition coefficient (Wildman–Crippen LogP) is 2.53. The minimum atomic E-state index is -1.58. The van der Waals surface area contributed by atoms with Crippen LogP contribution < -0.4 is 19.9 Å². The van der Waals surface area contributed by atoms with Gasteiger partial charge in [0.2, 0.25) is 0 Å². The number of hydrogen-bond acceptors (Lipinski definition) is 5. The van der Waals surface area contributed by atoms with Crippen molar-refractivity contribution < 1.29 is 24.2 Å². The van der Waals surface area contributed by atoms with E-state index in [0.717, 1.165) is 0 Å². The molecule has 2 aromatic carbocycles. The number of nitrogens with one attached hydrogen (secondary N) is 1. The first-order valence-corrected chi connectivity index (χ1v) is 8.02. The molecule has 0 fully saturated rings. The first-order valence-electron chi connectivity index (χ1n) is 7.27. The maximum Gasteiger partial charge on any atom is 0.257 e. The Balaban J connectivity index is 2.39. The number of methoxy groups -OCH3 is 2. The topological polar surface area (TPSA) is 87.7 Å². The smallest absolute Gasteiger partial charge is 0.257 e. The van der Waals surface area contributed by atoms with Gasteiger partial charge in [-0.1, -0.05) is 23.2 Å². The number of benzene rings is 2. The van der Waals surface area contributed by atoms with Crippen LogP contribution in [0.15, 0.2) is 42.1 Å². The van der Waals surface area contributed by atoms with Crippen molar-refractivity contribution in [3.63, 3.8) is 0 Å². The largest absolute Gasteiger partial charge is 0.543 e. The van der Waals surface area contributed by atoms with Gasteiger partial charge in [0.25, 0.3) is 5.91 Å². The number of carbonyl (C=O) groups excluding carboxylic acids is 2. The lowest BCUT2D eigenvalue weighted by molar-refractivity contribution is -0.299. The highest BCUT2D eigenvalue weighted by Crippen LogP contribution is 2.26. The van der Waals surface area contributed by atoms with E-state index in [0.29, 0.717) is 22.1 Å². The SMILES string of the molecule is COc1ccc(OC)c(/C=C(\NC(=O)c2ccc(Cl)cc2Cl)C(=O)[O-])c1. The second-order valence-corrected chi connectivity index (χ2v) is 5.88. The zero-order valence-corrected chi connectivity index (χ0v) is 15.4.